The Bertz CT molecular complexity index is 1360. The van der Waals surface area contributed by atoms with Gasteiger partial charge in [0, 0.05) is 0 Å². The number of hydrogen-bond acceptors (Lipinski definition) is 7. The number of hydrogen-bond donors (Lipinski definition) is 2. The van der Waals surface area contributed by atoms with Gasteiger partial charge in [-0.2, -0.15) is 10.1 Å². The minimum absolute atomic E-state index is 0.0358. The highest BCUT2D eigenvalue weighted by atomic mass is 16.5. The molecule has 30 heavy (non-hydrogen) atoms. The normalized spacial score (nSPS) is 11.3. The van der Waals surface area contributed by atoms with E-state index < -0.39 is 5.91 Å². The fourth-order valence-electron chi connectivity index (χ4n) is 3.01. The third kappa shape index (κ3) is 3.58. The van der Waals surface area contributed by atoms with E-state index >= 15 is 0 Å². The second-order valence-corrected chi connectivity index (χ2v) is 6.68. The quantitative estimate of drug-likeness (QED) is 0.308. The molecule has 1 amide bonds. The summed E-state index contributed by atoms with van der Waals surface area (Å²) in [5, 5.41) is 4.52. The van der Waals surface area contributed by atoms with E-state index in [1.54, 1.807) is 43.5 Å². The first-order chi connectivity index (χ1) is 14.5. The molecule has 2 heterocycles. The monoisotopic (exact) mass is 402 g/mol. The van der Waals surface area contributed by atoms with E-state index in [2.05, 4.69) is 15.5 Å². The Hall–Kier alpha value is -4.20. The number of amides is 1. The van der Waals surface area contributed by atoms with Crippen LogP contribution in [0.5, 0.6) is 5.75 Å². The summed E-state index contributed by atoms with van der Waals surface area (Å²) in [5.74, 6) is 0.0670. The predicted molar refractivity (Wildman–Crippen MR) is 115 cm³/mol. The number of rotatable bonds is 4. The van der Waals surface area contributed by atoms with Crippen molar-refractivity contribution in [3.05, 3.63) is 75.4 Å². The van der Waals surface area contributed by atoms with E-state index in [1.807, 2.05) is 13.0 Å². The van der Waals surface area contributed by atoms with Gasteiger partial charge in [-0.25, -0.2) is 5.43 Å². The maximum Gasteiger partial charge on any atom is 0.275 e. The van der Waals surface area contributed by atoms with Crippen molar-refractivity contribution in [1.29, 1.82) is 0 Å². The Kier molecular flexibility index (Phi) is 4.89. The first kappa shape index (κ1) is 19.1. The van der Waals surface area contributed by atoms with Gasteiger partial charge in [0.2, 0.25) is 11.1 Å². The molecule has 2 aromatic heterocycles. The van der Waals surface area contributed by atoms with Crippen molar-refractivity contribution in [2.75, 3.05) is 12.8 Å². The van der Waals surface area contributed by atoms with Crippen LogP contribution in [0, 0.1) is 6.92 Å². The molecule has 0 aliphatic rings. The van der Waals surface area contributed by atoms with Crippen LogP contribution in [0.1, 0.15) is 21.5 Å². The summed E-state index contributed by atoms with van der Waals surface area (Å²) in [6, 6.07) is 13.8. The zero-order chi connectivity index (χ0) is 21.3. The van der Waals surface area contributed by atoms with Crippen molar-refractivity contribution in [3.63, 3.8) is 0 Å². The number of nitrogens with zero attached hydrogens (tertiary/aromatic N) is 2. The fraction of sp³-hybridized carbons (Fsp3) is 0.0909. The number of aromatic nitrogens is 1. The zero-order valence-corrected chi connectivity index (χ0v) is 16.3. The molecule has 0 unspecified atom stereocenters. The number of ether oxygens (including phenoxy) is 1. The van der Waals surface area contributed by atoms with Crippen LogP contribution in [-0.2, 0) is 0 Å². The van der Waals surface area contributed by atoms with Gasteiger partial charge in [0.1, 0.15) is 17.2 Å². The first-order valence-corrected chi connectivity index (χ1v) is 9.07. The summed E-state index contributed by atoms with van der Waals surface area (Å²) < 4.78 is 10.8. The summed E-state index contributed by atoms with van der Waals surface area (Å²) in [7, 11) is 1.58. The number of hydrazone groups is 1. The molecule has 0 saturated heterocycles. The second kappa shape index (κ2) is 7.67. The van der Waals surface area contributed by atoms with E-state index in [9.17, 15) is 9.59 Å². The van der Waals surface area contributed by atoms with Gasteiger partial charge in [0.05, 0.1) is 29.7 Å². The number of carbonyl (C=O) groups excluding carboxylic acids is 1. The molecule has 0 saturated carbocycles. The fourth-order valence-corrected chi connectivity index (χ4v) is 3.01. The molecule has 3 N–H and O–H groups in total. The largest absolute Gasteiger partial charge is 0.497 e. The molecule has 4 rings (SSSR count). The molecular formula is C22H18N4O4. The highest BCUT2D eigenvalue weighted by Crippen LogP contribution is 2.21. The minimum Gasteiger partial charge on any atom is -0.497 e. The number of pyridine rings is 1. The Morgan fingerprint density at radius 3 is 2.67 bits per heavy atom. The molecule has 4 aromatic rings. The van der Waals surface area contributed by atoms with Crippen LogP contribution in [0.2, 0.25) is 0 Å². The molecule has 0 radical (unpaired) electrons. The lowest BCUT2D eigenvalue weighted by Gasteiger charge is -2.06. The highest BCUT2D eigenvalue weighted by molar-refractivity contribution is 6.02. The van der Waals surface area contributed by atoms with E-state index in [0.717, 1.165) is 11.1 Å². The summed E-state index contributed by atoms with van der Waals surface area (Å²) in [6.07, 6.45) is 1.48. The van der Waals surface area contributed by atoms with Gasteiger partial charge < -0.3 is 14.9 Å². The molecule has 0 atom stereocenters. The number of anilines is 1. The summed E-state index contributed by atoms with van der Waals surface area (Å²) in [5.41, 5.74) is 10.2. The van der Waals surface area contributed by atoms with Gasteiger partial charge >= 0.3 is 0 Å². The standard InChI is InChI=1S/C22H18N4O4/c1-12-3-8-18-15(9-12)19(27)16-10-17(20(23)25-22(16)30-18)21(28)26-24-11-13-4-6-14(29-2)7-5-13/h3-11H,1-2H3,(H2,23,25)(H,26,28)/b24-11+. The Morgan fingerprint density at radius 2 is 1.93 bits per heavy atom. The van der Waals surface area contributed by atoms with Crippen molar-refractivity contribution >= 4 is 40.0 Å². The van der Waals surface area contributed by atoms with E-state index in [0.29, 0.717) is 16.7 Å². The van der Waals surface area contributed by atoms with Gasteiger partial charge in [0.15, 0.2) is 0 Å². The summed E-state index contributed by atoms with van der Waals surface area (Å²) in [6.45, 7) is 1.88. The molecule has 0 bridgehead atoms. The Labute approximate surface area is 171 Å². The third-order valence-corrected chi connectivity index (χ3v) is 4.59. The van der Waals surface area contributed by atoms with Crippen LogP contribution in [0.15, 0.2) is 62.8 Å². The van der Waals surface area contributed by atoms with Crippen LogP contribution in [0.25, 0.3) is 22.1 Å². The lowest BCUT2D eigenvalue weighted by atomic mass is 10.1. The number of aryl methyl sites for hydroxylation is 1. The Balaban J connectivity index is 1.65. The van der Waals surface area contributed by atoms with Crippen LogP contribution < -0.4 is 21.3 Å². The van der Waals surface area contributed by atoms with Crippen molar-refractivity contribution in [2.45, 2.75) is 6.92 Å². The van der Waals surface area contributed by atoms with Gasteiger partial charge in [-0.3, -0.25) is 9.59 Å². The number of benzene rings is 2. The first-order valence-electron chi connectivity index (χ1n) is 9.07. The molecule has 8 heteroatoms. The third-order valence-electron chi connectivity index (χ3n) is 4.59. The van der Waals surface area contributed by atoms with E-state index in [-0.39, 0.29) is 27.9 Å². The maximum atomic E-state index is 12.9. The van der Waals surface area contributed by atoms with Crippen LogP contribution in [0.3, 0.4) is 0 Å². The Morgan fingerprint density at radius 1 is 1.17 bits per heavy atom. The van der Waals surface area contributed by atoms with Crippen LogP contribution >= 0.6 is 0 Å². The summed E-state index contributed by atoms with van der Waals surface area (Å²) >= 11 is 0. The number of methoxy groups -OCH3 is 1. The van der Waals surface area contributed by atoms with Crippen molar-refractivity contribution in [3.8, 4) is 5.75 Å². The molecule has 150 valence electrons. The maximum absolute atomic E-state index is 12.9. The van der Waals surface area contributed by atoms with Crippen molar-refractivity contribution in [2.24, 2.45) is 5.10 Å². The smallest absolute Gasteiger partial charge is 0.275 e. The molecular weight excluding hydrogens is 384 g/mol. The molecule has 0 aliphatic carbocycles. The number of nitrogens with one attached hydrogen (secondary N) is 1. The average Bonchev–Trinajstić information content (AvgIpc) is 2.74. The zero-order valence-electron chi connectivity index (χ0n) is 16.3. The SMILES string of the molecule is COc1ccc(/C=N/NC(=O)c2cc3c(=O)c4cc(C)ccc4oc3nc2N)cc1. The van der Waals surface area contributed by atoms with E-state index in [1.165, 1.54) is 12.3 Å². The van der Waals surface area contributed by atoms with Crippen molar-refractivity contribution < 1.29 is 13.9 Å². The molecule has 0 fully saturated rings. The topological polar surface area (TPSA) is 120 Å². The van der Waals surface area contributed by atoms with Crippen LogP contribution in [-0.4, -0.2) is 24.2 Å². The molecule has 2 aromatic carbocycles. The lowest BCUT2D eigenvalue weighted by molar-refractivity contribution is 0.0956. The molecule has 0 spiro atoms. The second-order valence-electron chi connectivity index (χ2n) is 6.68. The number of fused-ring (bicyclic) bond motifs is 2. The van der Waals surface area contributed by atoms with Gasteiger partial charge in [0.25, 0.3) is 5.91 Å². The van der Waals surface area contributed by atoms with Crippen molar-refractivity contribution in [1.82, 2.24) is 10.4 Å². The highest BCUT2D eigenvalue weighted by Gasteiger charge is 2.16. The number of carbonyl (C=O) groups is 1. The molecule has 8 nitrogen and oxygen atoms in total. The van der Waals surface area contributed by atoms with Crippen LogP contribution in [0.4, 0.5) is 5.82 Å². The van der Waals surface area contributed by atoms with E-state index in [4.69, 9.17) is 14.9 Å². The van der Waals surface area contributed by atoms with Gasteiger partial charge in [-0.15, -0.1) is 0 Å². The predicted octanol–water partition coefficient (Wildman–Crippen LogP) is 3.00. The number of nitrogens with two attached hydrogens (primary N) is 1. The molecule has 0 aliphatic heterocycles. The van der Waals surface area contributed by atoms with Gasteiger partial charge in [-0.05, 0) is 55.0 Å². The number of nitrogen functional groups attached to an aromatic ring is 1. The lowest BCUT2D eigenvalue weighted by Crippen LogP contribution is -2.20. The average molecular weight is 402 g/mol. The summed E-state index contributed by atoms with van der Waals surface area (Å²) in [4.78, 5) is 29.5. The minimum atomic E-state index is -0.588. The van der Waals surface area contributed by atoms with Gasteiger partial charge in [-0.1, -0.05) is 11.6 Å².